The van der Waals surface area contributed by atoms with Crippen molar-refractivity contribution in [1.29, 1.82) is 0 Å². The fourth-order valence-corrected chi connectivity index (χ4v) is 2.14. The van der Waals surface area contributed by atoms with Gasteiger partial charge in [-0.1, -0.05) is 27.2 Å². The molecule has 20 heavy (non-hydrogen) atoms. The molecule has 124 valence electrons. The van der Waals surface area contributed by atoms with Crippen LogP contribution in [0.2, 0.25) is 0 Å². The van der Waals surface area contributed by atoms with Gasteiger partial charge in [0.25, 0.3) is 0 Å². The Balaban J connectivity index is 0. The van der Waals surface area contributed by atoms with E-state index in [4.69, 9.17) is 0 Å². The normalized spacial score (nSPS) is 13.2. The van der Waals surface area contributed by atoms with E-state index in [1.807, 2.05) is 0 Å². The lowest BCUT2D eigenvalue weighted by atomic mass is 10.0. The van der Waals surface area contributed by atoms with E-state index >= 15 is 0 Å². The first kappa shape index (κ1) is 22.2. The lowest BCUT2D eigenvalue weighted by Crippen LogP contribution is -2.53. The third-order valence-electron chi connectivity index (χ3n) is 4.58. The zero-order chi connectivity index (χ0) is 16.6. The van der Waals surface area contributed by atoms with Gasteiger partial charge < -0.3 is 8.97 Å². The van der Waals surface area contributed by atoms with Gasteiger partial charge in [0.2, 0.25) is 0 Å². The van der Waals surface area contributed by atoms with Crippen LogP contribution >= 0.6 is 0 Å². The van der Waals surface area contributed by atoms with E-state index in [-0.39, 0.29) is 0 Å². The Morgan fingerprint density at radius 2 is 1.35 bits per heavy atom. The molecular formula is C18H44N2+2. The van der Waals surface area contributed by atoms with Gasteiger partial charge in [-0.05, 0) is 34.1 Å². The van der Waals surface area contributed by atoms with Crippen LogP contribution in [0.15, 0.2) is 0 Å². The van der Waals surface area contributed by atoms with Crippen LogP contribution in [0.4, 0.5) is 0 Å². The Kier molecular flexibility index (Phi) is 10.0. The summed E-state index contributed by atoms with van der Waals surface area (Å²) in [6.07, 6.45) is 2.68. The average molecular weight is 289 g/mol. The van der Waals surface area contributed by atoms with Crippen molar-refractivity contribution in [3.63, 3.8) is 0 Å². The van der Waals surface area contributed by atoms with Gasteiger partial charge in [0.1, 0.15) is 0 Å². The Labute approximate surface area is 130 Å². The van der Waals surface area contributed by atoms with Gasteiger partial charge in [-0.25, -0.2) is 0 Å². The molecule has 0 atom stereocenters. The van der Waals surface area contributed by atoms with E-state index < -0.39 is 0 Å². The number of hydrogen-bond acceptors (Lipinski definition) is 0. The molecule has 0 amide bonds. The second-order valence-electron chi connectivity index (χ2n) is 8.76. The maximum Gasteiger partial charge on any atom is 0.0903 e. The van der Waals surface area contributed by atoms with Crippen molar-refractivity contribution in [2.24, 2.45) is 5.92 Å². The molecule has 0 aromatic carbocycles. The molecule has 0 bridgehead atoms. The van der Waals surface area contributed by atoms with Crippen molar-refractivity contribution in [2.45, 2.75) is 66.8 Å². The van der Waals surface area contributed by atoms with Crippen molar-refractivity contribution < 1.29 is 8.97 Å². The van der Waals surface area contributed by atoms with E-state index in [0.717, 1.165) is 10.4 Å². The number of rotatable bonds is 6. The fraction of sp³-hybridized carbons (Fsp3) is 1.00. The van der Waals surface area contributed by atoms with Crippen molar-refractivity contribution >= 4 is 0 Å². The summed E-state index contributed by atoms with van der Waals surface area (Å²) in [7, 11) is 9.19. The Hall–Kier alpha value is -0.0800. The van der Waals surface area contributed by atoms with Crippen molar-refractivity contribution in [1.82, 2.24) is 0 Å². The molecule has 2 nitrogen and oxygen atoms in total. The van der Waals surface area contributed by atoms with Crippen LogP contribution in [0.1, 0.15) is 61.3 Å². The summed E-state index contributed by atoms with van der Waals surface area (Å²) < 4.78 is 2.28. The standard InChI is InChI=1S/C10H24N.C8H20N/c1-6-7-8-11(4,5)9-10(2)3;1-7-9(5,6)8(2,3)4/h10H,6-9H2,1-5H3;7H2,1-6H3/q2*+1. The van der Waals surface area contributed by atoms with Crippen molar-refractivity contribution in [3.05, 3.63) is 0 Å². The molecule has 0 aliphatic heterocycles. The lowest BCUT2D eigenvalue weighted by Gasteiger charge is -2.41. The molecule has 0 aromatic heterocycles. The number of unbranched alkanes of at least 4 members (excludes halogenated alkanes) is 1. The third kappa shape index (κ3) is 10.7. The molecule has 0 heterocycles. The summed E-state index contributed by atoms with van der Waals surface area (Å²) in [5.74, 6) is 0.821. The van der Waals surface area contributed by atoms with Gasteiger partial charge >= 0.3 is 0 Å². The topological polar surface area (TPSA) is 0 Å². The molecule has 0 saturated heterocycles. The minimum atomic E-state index is 0.384. The molecule has 0 aromatic rings. The average Bonchev–Trinajstić information content (AvgIpc) is 2.24. The highest BCUT2D eigenvalue weighted by molar-refractivity contribution is 4.58. The van der Waals surface area contributed by atoms with Crippen molar-refractivity contribution in [2.75, 3.05) is 47.8 Å². The van der Waals surface area contributed by atoms with E-state index in [2.05, 4.69) is 76.7 Å². The second kappa shape index (κ2) is 9.04. The second-order valence-corrected chi connectivity index (χ2v) is 8.76. The zero-order valence-corrected chi connectivity index (χ0v) is 16.5. The SMILES string of the molecule is CCCC[N+](C)(C)CC(C)C.CC[N+](C)(C)C(C)(C)C. The Morgan fingerprint density at radius 1 is 0.900 bits per heavy atom. The predicted molar refractivity (Wildman–Crippen MR) is 94.0 cm³/mol. The molecule has 0 rings (SSSR count). The highest BCUT2D eigenvalue weighted by atomic mass is 15.3. The third-order valence-corrected chi connectivity index (χ3v) is 4.58. The maximum atomic E-state index is 2.33. The highest BCUT2D eigenvalue weighted by Gasteiger charge is 2.29. The van der Waals surface area contributed by atoms with Crippen LogP contribution in [0, 0.1) is 5.92 Å². The predicted octanol–water partition coefficient (Wildman–Crippen LogP) is 4.40. The molecule has 0 unspecified atom stereocenters. The summed E-state index contributed by atoms with van der Waals surface area (Å²) in [6.45, 7) is 19.7. The van der Waals surface area contributed by atoms with E-state index in [9.17, 15) is 0 Å². The molecule has 0 saturated carbocycles. The molecule has 2 heteroatoms. The largest absolute Gasteiger partial charge is 0.328 e. The number of quaternary nitrogens is 2. The number of nitrogens with zero attached hydrogens (tertiary/aromatic N) is 2. The van der Waals surface area contributed by atoms with Gasteiger partial charge in [-0.3, -0.25) is 0 Å². The first-order valence-electron chi connectivity index (χ1n) is 8.44. The van der Waals surface area contributed by atoms with Gasteiger partial charge in [0.15, 0.2) is 0 Å². The first-order valence-corrected chi connectivity index (χ1v) is 8.44. The van der Waals surface area contributed by atoms with E-state index in [0.29, 0.717) is 5.54 Å². The lowest BCUT2D eigenvalue weighted by molar-refractivity contribution is -0.934. The Bertz CT molecular complexity index is 234. The maximum absolute atomic E-state index is 2.33. The minimum absolute atomic E-state index is 0.384. The van der Waals surface area contributed by atoms with E-state index in [1.165, 1.54) is 37.0 Å². The molecule has 0 aliphatic carbocycles. The molecule has 0 spiro atoms. The van der Waals surface area contributed by atoms with Crippen LogP contribution < -0.4 is 0 Å². The highest BCUT2D eigenvalue weighted by Crippen LogP contribution is 2.17. The van der Waals surface area contributed by atoms with Crippen LogP contribution in [0.25, 0.3) is 0 Å². The summed E-state index contributed by atoms with van der Waals surface area (Å²) in [4.78, 5) is 0. The molecular weight excluding hydrogens is 244 g/mol. The zero-order valence-electron chi connectivity index (χ0n) is 16.5. The smallest absolute Gasteiger partial charge is 0.0903 e. The summed E-state index contributed by atoms with van der Waals surface area (Å²) in [6, 6.07) is 0. The van der Waals surface area contributed by atoms with Gasteiger partial charge in [0, 0.05) is 5.92 Å². The summed E-state index contributed by atoms with van der Waals surface area (Å²) >= 11 is 0. The fourth-order valence-electron chi connectivity index (χ4n) is 2.14. The summed E-state index contributed by atoms with van der Waals surface area (Å²) in [5.41, 5.74) is 0.384. The quantitative estimate of drug-likeness (QED) is 0.636. The van der Waals surface area contributed by atoms with Gasteiger partial charge in [-0.2, -0.15) is 0 Å². The van der Waals surface area contributed by atoms with Crippen molar-refractivity contribution in [3.8, 4) is 0 Å². The monoisotopic (exact) mass is 288 g/mol. The van der Waals surface area contributed by atoms with Gasteiger partial charge in [0.05, 0.1) is 53.4 Å². The van der Waals surface area contributed by atoms with E-state index in [1.54, 1.807) is 0 Å². The molecule has 0 fully saturated rings. The first-order chi connectivity index (χ1) is 8.79. The van der Waals surface area contributed by atoms with Crippen LogP contribution in [-0.2, 0) is 0 Å². The molecule has 0 aliphatic rings. The van der Waals surface area contributed by atoms with Crippen LogP contribution in [0.3, 0.4) is 0 Å². The minimum Gasteiger partial charge on any atom is -0.328 e. The Morgan fingerprint density at radius 3 is 1.55 bits per heavy atom. The van der Waals surface area contributed by atoms with Gasteiger partial charge in [-0.15, -0.1) is 0 Å². The summed E-state index contributed by atoms with van der Waals surface area (Å²) in [5, 5.41) is 0. The van der Waals surface area contributed by atoms with Crippen LogP contribution in [-0.4, -0.2) is 62.3 Å². The molecule has 0 radical (unpaired) electrons. The molecule has 0 N–H and O–H groups in total. The number of hydrogen-bond donors (Lipinski definition) is 0. The van der Waals surface area contributed by atoms with Crippen LogP contribution in [0.5, 0.6) is 0 Å².